The summed E-state index contributed by atoms with van der Waals surface area (Å²) in [6.07, 6.45) is 7.82. The number of hydrogen-bond donors (Lipinski definition) is 3. The third-order valence-corrected chi connectivity index (χ3v) is 5.70. The van der Waals surface area contributed by atoms with Crippen molar-refractivity contribution in [2.45, 2.75) is 69.5 Å². The molecular weight excluding hydrogens is 306 g/mol. The lowest BCUT2D eigenvalue weighted by Crippen LogP contribution is -2.75. The first-order chi connectivity index (χ1) is 11.2. The number of likely N-dealkylation sites (tertiary alicyclic amines) is 1. The second kappa shape index (κ2) is 7.15. The highest BCUT2D eigenvalue weighted by Gasteiger charge is 2.62. The van der Waals surface area contributed by atoms with Crippen LogP contribution in [0.15, 0.2) is 11.6 Å². The van der Waals surface area contributed by atoms with Crippen molar-refractivity contribution in [3.8, 4) is 12.3 Å². The minimum absolute atomic E-state index is 0.239. The van der Waals surface area contributed by atoms with Crippen LogP contribution in [0.1, 0.15) is 40.0 Å². The molecule has 1 saturated heterocycles. The van der Waals surface area contributed by atoms with E-state index in [1.165, 1.54) is 12.7 Å². The average molecular weight is 337 g/mol. The van der Waals surface area contributed by atoms with Gasteiger partial charge >= 0.3 is 0 Å². The first kappa shape index (κ1) is 19.4. The van der Waals surface area contributed by atoms with Gasteiger partial charge in [-0.3, -0.25) is 4.90 Å². The Bertz CT molecular complexity index is 520. The normalized spacial score (nSPS) is 42.9. The number of β-amino-alcohol motifs (C(OH)–C–C–N with tert-alkyl or cyclic N) is 1. The molecule has 0 aromatic heterocycles. The number of ether oxygens (including phenoxy) is 1. The molecular formula is C19H31NO4. The molecule has 136 valence electrons. The fourth-order valence-electron chi connectivity index (χ4n) is 4.65. The van der Waals surface area contributed by atoms with Gasteiger partial charge in [0.1, 0.15) is 0 Å². The molecule has 5 heteroatoms. The molecule has 3 N–H and O–H groups in total. The zero-order valence-electron chi connectivity index (χ0n) is 15.2. The van der Waals surface area contributed by atoms with Crippen LogP contribution >= 0.6 is 0 Å². The number of aliphatic hydroxyl groups excluding tert-OH is 1. The van der Waals surface area contributed by atoms with Crippen molar-refractivity contribution in [1.29, 1.82) is 0 Å². The highest BCUT2D eigenvalue weighted by atomic mass is 16.5. The summed E-state index contributed by atoms with van der Waals surface area (Å²) >= 11 is 0. The Kier molecular flexibility index (Phi) is 5.79. The molecule has 24 heavy (non-hydrogen) atoms. The summed E-state index contributed by atoms with van der Waals surface area (Å²) in [5.74, 6) is 2.08. The van der Waals surface area contributed by atoms with Crippen LogP contribution in [0, 0.1) is 18.3 Å². The summed E-state index contributed by atoms with van der Waals surface area (Å²) in [5.41, 5.74) is -1.20. The van der Waals surface area contributed by atoms with E-state index in [2.05, 4.69) is 12.0 Å². The zero-order valence-corrected chi connectivity index (χ0v) is 15.2. The summed E-state index contributed by atoms with van der Waals surface area (Å²) in [6.45, 7) is 6.51. The monoisotopic (exact) mass is 337 g/mol. The molecule has 0 aromatic carbocycles. The molecule has 0 aromatic rings. The Labute approximate surface area is 145 Å². The third kappa shape index (κ3) is 3.40. The molecule has 1 aliphatic heterocycles. The van der Waals surface area contributed by atoms with Crippen LogP contribution in [0.2, 0.25) is 0 Å². The summed E-state index contributed by atoms with van der Waals surface area (Å²) in [5, 5.41) is 33.0. The topological polar surface area (TPSA) is 73.2 Å². The lowest BCUT2D eigenvalue weighted by Gasteiger charge is -2.60. The van der Waals surface area contributed by atoms with Crippen LogP contribution in [0.25, 0.3) is 0 Å². The van der Waals surface area contributed by atoms with E-state index < -0.39 is 29.3 Å². The van der Waals surface area contributed by atoms with Crippen LogP contribution in [0.5, 0.6) is 0 Å². The second-order valence-electron chi connectivity index (χ2n) is 7.76. The van der Waals surface area contributed by atoms with Gasteiger partial charge in [0.2, 0.25) is 0 Å². The van der Waals surface area contributed by atoms with E-state index in [4.69, 9.17) is 11.2 Å². The fraction of sp³-hybridized carbons (Fsp3) is 0.789. The first-order valence-corrected chi connectivity index (χ1v) is 8.64. The third-order valence-electron chi connectivity index (χ3n) is 5.70. The number of rotatable bonds is 4. The standard InChI is InChI=1S/C19H31NO4/c1-6-11-20-12-19(23)10-9-14(21)16(24-5)17(19)18(4,22)15(20)8-7-13(2)3/h1,7,14-17,21-23H,8-12H2,2-5H3/t14-,15+,16-,17?,18+,19+/m1/s1. The van der Waals surface area contributed by atoms with Gasteiger partial charge in [0.05, 0.1) is 30.0 Å². The number of nitrogens with zero attached hydrogens (tertiary/aromatic N) is 1. The number of piperidine rings is 1. The zero-order chi connectivity index (χ0) is 18.1. The van der Waals surface area contributed by atoms with Gasteiger partial charge < -0.3 is 20.1 Å². The molecule has 1 heterocycles. The van der Waals surface area contributed by atoms with Crippen molar-refractivity contribution in [2.75, 3.05) is 20.2 Å². The molecule has 1 saturated carbocycles. The van der Waals surface area contributed by atoms with Gasteiger partial charge in [-0.15, -0.1) is 6.42 Å². The number of fused-ring (bicyclic) bond motifs is 1. The molecule has 1 unspecified atom stereocenters. The molecule has 0 spiro atoms. The van der Waals surface area contributed by atoms with E-state index in [1.807, 2.05) is 18.7 Å². The van der Waals surface area contributed by atoms with E-state index in [0.717, 1.165) is 0 Å². The number of hydrogen-bond acceptors (Lipinski definition) is 5. The predicted octanol–water partition coefficient (Wildman–Crippen LogP) is 0.928. The lowest BCUT2D eigenvalue weighted by atomic mass is 9.59. The summed E-state index contributed by atoms with van der Waals surface area (Å²) < 4.78 is 5.50. The molecule has 6 atom stereocenters. The van der Waals surface area contributed by atoms with Crippen molar-refractivity contribution in [1.82, 2.24) is 4.90 Å². The number of aliphatic hydroxyl groups is 3. The number of methoxy groups -OCH3 is 1. The Balaban J connectivity index is 2.44. The van der Waals surface area contributed by atoms with Crippen LogP contribution in [-0.4, -0.2) is 69.9 Å². The van der Waals surface area contributed by atoms with Crippen molar-refractivity contribution in [3.05, 3.63) is 11.6 Å². The Morgan fingerprint density at radius 2 is 2.08 bits per heavy atom. The molecule has 1 aliphatic carbocycles. The maximum atomic E-state index is 11.4. The highest BCUT2D eigenvalue weighted by molar-refractivity contribution is 5.17. The van der Waals surface area contributed by atoms with Crippen LogP contribution in [0.3, 0.4) is 0 Å². The van der Waals surface area contributed by atoms with Crippen LogP contribution < -0.4 is 0 Å². The van der Waals surface area contributed by atoms with Crippen molar-refractivity contribution < 1.29 is 20.1 Å². The predicted molar refractivity (Wildman–Crippen MR) is 93.3 cm³/mol. The molecule has 0 bridgehead atoms. The second-order valence-corrected chi connectivity index (χ2v) is 7.76. The maximum Gasteiger partial charge on any atom is 0.0914 e. The van der Waals surface area contributed by atoms with Crippen molar-refractivity contribution >= 4 is 0 Å². The molecule has 0 radical (unpaired) electrons. The van der Waals surface area contributed by atoms with Gasteiger partial charge in [0.15, 0.2) is 0 Å². The molecule has 0 amide bonds. The van der Waals surface area contributed by atoms with Gasteiger partial charge in [-0.25, -0.2) is 0 Å². The van der Waals surface area contributed by atoms with Gasteiger partial charge in [0, 0.05) is 25.6 Å². The van der Waals surface area contributed by atoms with Crippen molar-refractivity contribution in [3.63, 3.8) is 0 Å². The highest BCUT2D eigenvalue weighted by Crippen LogP contribution is 2.48. The summed E-state index contributed by atoms with van der Waals surface area (Å²) in [7, 11) is 1.52. The van der Waals surface area contributed by atoms with E-state index >= 15 is 0 Å². The minimum atomic E-state index is -1.24. The number of terminal acetylenes is 1. The molecule has 2 aliphatic rings. The van der Waals surface area contributed by atoms with Crippen molar-refractivity contribution in [2.24, 2.45) is 5.92 Å². The quantitative estimate of drug-likeness (QED) is 0.526. The summed E-state index contributed by atoms with van der Waals surface area (Å²) in [4.78, 5) is 1.99. The Morgan fingerprint density at radius 3 is 2.62 bits per heavy atom. The minimum Gasteiger partial charge on any atom is -0.390 e. The van der Waals surface area contributed by atoms with Gasteiger partial charge in [-0.1, -0.05) is 17.6 Å². The van der Waals surface area contributed by atoms with Gasteiger partial charge in [-0.05, 0) is 40.0 Å². The maximum absolute atomic E-state index is 11.4. The smallest absolute Gasteiger partial charge is 0.0914 e. The Hall–Kier alpha value is -0.900. The van der Waals surface area contributed by atoms with Crippen LogP contribution in [-0.2, 0) is 4.74 Å². The first-order valence-electron chi connectivity index (χ1n) is 8.64. The van der Waals surface area contributed by atoms with E-state index in [9.17, 15) is 15.3 Å². The van der Waals surface area contributed by atoms with Gasteiger partial charge in [0.25, 0.3) is 0 Å². The van der Waals surface area contributed by atoms with E-state index in [-0.39, 0.29) is 6.04 Å². The average Bonchev–Trinajstić information content (AvgIpc) is 2.48. The molecule has 2 fully saturated rings. The lowest BCUT2D eigenvalue weighted by molar-refractivity contribution is -0.263. The Morgan fingerprint density at radius 1 is 1.42 bits per heavy atom. The SMILES string of the molecule is C#CCN1C[C@@]2(O)CC[C@@H](O)[C@@H](OC)C2[C@@](C)(O)[C@@H]1CC=C(C)C. The molecule has 5 nitrogen and oxygen atoms in total. The number of allylic oxidation sites excluding steroid dienone is 1. The van der Waals surface area contributed by atoms with Crippen LogP contribution in [0.4, 0.5) is 0 Å². The summed E-state index contributed by atoms with van der Waals surface area (Å²) in [6, 6.07) is -0.239. The van der Waals surface area contributed by atoms with E-state index in [1.54, 1.807) is 6.92 Å². The molecule has 2 rings (SSSR count). The largest absolute Gasteiger partial charge is 0.390 e. The van der Waals surface area contributed by atoms with Gasteiger partial charge in [-0.2, -0.15) is 0 Å². The van der Waals surface area contributed by atoms with E-state index in [0.29, 0.717) is 32.4 Å². The fourth-order valence-corrected chi connectivity index (χ4v) is 4.65.